The van der Waals surface area contributed by atoms with Crippen LogP contribution in [-0.2, 0) is 0 Å². The molecule has 2 aliphatic rings. The number of nitrogens with one attached hydrogen (secondary N) is 4. The Morgan fingerprint density at radius 3 is 2.79 bits per heavy atom. The predicted molar refractivity (Wildman–Crippen MR) is 129 cm³/mol. The molecular formula is C24H30FN7O. The summed E-state index contributed by atoms with van der Waals surface area (Å²) in [6.07, 6.45) is 5.33. The molecule has 1 atom stereocenters. The number of hydrogen-bond acceptors (Lipinski definition) is 8. The molecule has 0 saturated carbocycles. The zero-order chi connectivity index (χ0) is 23.2. The molecule has 0 aliphatic carbocycles. The second-order valence-corrected chi connectivity index (χ2v) is 8.09. The number of aliphatic hydroxyl groups excluding tert-OH is 1. The van der Waals surface area contributed by atoms with Gasteiger partial charge in [0.15, 0.2) is 0 Å². The lowest BCUT2D eigenvalue weighted by Crippen LogP contribution is -2.23. The van der Waals surface area contributed by atoms with Gasteiger partial charge in [-0.15, -0.1) is 0 Å². The molecule has 4 heterocycles. The summed E-state index contributed by atoms with van der Waals surface area (Å²) < 4.78 is 14.5. The summed E-state index contributed by atoms with van der Waals surface area (Å²) in [5.41, 5.74) is 4.28. The normalized spacial score (nSPS) is 16.7. The van der Waals surface area contributed by atoms with E-state index in [2.05, 4.69) is 36.2 Å². The van der Waals surface area contributed by atoms with E-state index >= 15 is 0 Å². The minimum atomic E-state index is -0.781. The molecule has 5 N–H and O–H groups in total. The van der Waals surface area contributed by atoms with E-state index in [1.807, 2.05) is 32.0 Å². The summed E-state index contributed by atoms with van der Waals surface area (Å²) in [6.45, 7) is 6.11. The summed E-state index contributed by atoms with van der Waals surface area (Å²) in [4.78, 5) is 12.7. The lowest BCUT2D eigenvalue weighted by Gasteiger charge is -2.19. The van der Waals surface area contributed by atoms with Gasteiger partial charge in [-0.1, -0.05) is 18.6 Å². The Morgan fingerprint density at radius 2 is 1.94 bits per heavy atom. The quantitative estimate of drug-likeness (QED) is 0.367. The van der Waals surface area contributed by atoms with Crippen molar-refractivity contribution in [2.24, 2.45) is 0 Å². The van der Waals surface area contributed by atoms with Gasteiger partial charge in [-0.2, -0.15) is 9.37 Å². The van der Waals surface area contributed by atoms with E-state index in [-0.39, 0.29) is 5.69 Å². The van der Waals surface area contributed by atoms with Gasteiger partial charge in [0.05, 0.1) is 5.69 Å². The van der Waals surface area contributed by atoms with E-state index in [0.717, 1.165) is 53.7 Å². The topological polar surface area (TPSA) is 107 Å². The summed E-state index contributed by atoms with van der Waals surface area (Å²) >= 11 is 0. The minimum Gasteiger partial charge on any atom is -0.385 e. The average Bonchev–Trinajstić information content (AvgIpc) is 2.81. The van der Waals surface area contributed by atoms with Crippen molar-refractivity contribution < 1.29 is 9.50 Å². The van der Waals surface area contributed by atoms with E-state index < -0.39 is 12.2 Å². The number of benzene rings is 1. The zero-order valence-electron chi connectivity index (χ0n) is 19.0. The lowest BCUT2D eigenvalue weighted by molar-refractivity contribution is 0.139. The minimum absolute atomic E-state index is 0.191. The number of hydrogen-bond donors (Lipinski definition) is 5. The van der Waals surface area contributed by atoms with Gasteiger partial charge < -0.3 is 21.1 Å². The monoisotopic (exact) mass is 451 g/mol. The Morgan fingerprint density at radius 1 is 1.09 bits per heavy atom. The molecule has 0 radical (unpaired) electrons. The molecule has 6 bridgehead atoms. The number of aryl methyl sites for hydroxylation is 1. The molecule has 174 valence electrons. The first kappa shape index (κ1) is 22.9. The molecule has 9 heteroatoms. The van der Waals surface area contributed by atoms with E-state index in [9.17, 15) is 9.50 Å². The van der Waals surface area contributed by atoms with Crippen LogP contribution >= 0.6 is 0 Å². The van der Waals surface area contributed by atoms with Crippen LogP contribution in [0.4, 0.5) is 27.5 Å². The van der Waals surface area contributed by atoms with Crippen LogP contribution < -0.4 is 21.3 Å². The Kier molecular flexibility index (Phi) is 7.31. The van der Waals surface area contributed by atoms with Crippen molar-refractivity contribution in [3.63, 3.8) is 0 Å². The fourth-order valence-electron chi connectivity index (χ4n) is 3.80. The number of aromatic nitrogens is 3. The molecule has 1 aromatic carbocycles. The molecule has 0 fully saturated rings. The third-order valence-electron chi connectivity index (χ3n) is 5.59. The Hall–Kier alpha value is -3.30. The van der Waals surface area contributed by atoms with E-state index in [4.69, 9.17) is 0 Å². The molecule has 1 unspecified atom stereocenters. The van der Waals surface area contributed by atoms with Gasteiger partial charge in [-0.3, -0.25) is 5.32 Å². The first-order valence-electron chi connectivity index (χ1n) is 11.3. The number of anilines is 4. The van der Waals surface area contributed by atoms with Crippen molar-refractivity contribution in [3.8, 4) is 11.1 Å². The number of rotatable bonds is 2. The van der Waals surface area contributed by atoms with Crippen LogP contribution in [0.3, 0.4) is 0 Å². The number of pyridine rings is 1. The van der Waals surface area contributed by atoms with Gasteiger partial charge in [0.2, 0.25) is 11.9 Å². The van der Waals surface area contributed by atoms with Gasteiger partial charge in [0, 0.05) is 47.9 Å². The van der Waals surface area contributed by atoms with Crippen molar-refractivity contribution in [2.75, 3.05) is 35.6 Å². The second kappa shape index (κ2) is 10.5. The summed E-state index contributed by atoms with van der Waals surface area (Å²) in [6, 6.07) is 7.42. The molecular weight excluding hydrogens is 421 g/mol. The molecule has 8 nitrogen and oxygen atoms in total. The van der Waals surface area contributed by atoms with Crippen LogP contribution in [0, 0.1) is 12.9 Å². The maximum Gasteiger partial charge on any atom is 0.236 e. The third-order valence-corrected chi connectivity index (χ3v) is 5.59. The first-order valence-corrected chi connectivity index (χ1v) is 11.3. The summed E-state index contributed by atoms with van der Waals surface area (Å²) in [5, 5.41) is 23.5. The fourth-order valence-corrected chi connectivity index (χ4v) is 3.80. The number of aliphatic hydroxyl groups is 1. The number of fused-ring (bicyclic) bond motifs is 9. The third kappa shape index (κ3) is 5.55. The fraction of sp³-hybridized carbons (Fsp3) is 0.375. The predicted octanol–water partition coefficient (Wildman–Crippen LogP) is 4.34. The molecule has 5 rings (SSSR count). The molecule has 0 saturated heterocycles. The van der Waals surface area contributed by atoms with Crippen LogP contribution in [0.2, 0.25) is 0 Å². The average molecular weight is 452 g/mol. The van der Waals surface area contributed by atoms with Crippen LogP contribution in [0.5, 0.6) is 0 Å². The SMILES string of the molecule is CCNc1cc2ccc1C(O)NCCCCCNc1nc(ncc1C)Nc1cc-2cnc1F. The lowest BCUT2D eigenvalue weighted by atomic mass is 10.0. The second-order valence-electron chi connectivity index (χ2n) is 8.09. The van der Waals surface area contributed by atoms with Crippen LogP contribution in [-0.4, -0.2) is 39.7 Å². The highest BCUT2D eigenvalue weighted by atomic mass is 19.1. The molecule has 2 aliphatic heterocycles. The van der Waals surface area contributed by atoms with Crippen molar-refractivity contribution in [3.05, 3.63) is 53.7 Å². The highest BCUT2D eigenvalue weighted by molar-refractivity contribution is 5.73. The van der Waals surface area contributed by atoms with Crippen molar-refractivity contribution in [2.45, 2.75) is 39.3 Å². The van der Waals surface area contributed by atoms with Gasteiger partial charge in [0.1, 0.15) is 12.0 Å². The van der Waals surface area contributed by atoms with E-state index in [0.29, 0.717) is 24.9 Å². The maximum atomic E-state index is 14.5. The smallest absolute Gasteiger partial charge is 0.236 e. The standard InChI is InChI=1S/C24H30FN7O/c1-3-26-19-11-16-7-8-18(19)23(33)28-10-6-4-5-9-27-22-15(2)13-30-24(32-22)31-20-12-17(16)14-29-21(20)25/h7-8,11-14,23,26,28,33H,3-6,9-10H2,1-2H3,(H2,27,30,31,32). The largest absolute Gasteiger partial charge is 0.385 e. The highest BCUT2D eigenvalue weighted by Gasteiger charge is 2.15. The van der Waals surface area contributed by atoms with Crippen molar-refractivity contribution in [1.82, 2.24) is 20.3 Å². The Bertz CT molecular complexity index is 1110. The van der Waals surface area contributed by atoms with Crippen molar-refractivity contribution >= 4 is 23.1 Å². The molecule has 0 amide bonds. The molecule has 33 heavy (non-hydrogen) atoms. The molecule has 3 aromatic rings. The zero-order valence-corrected chi connectivity index (χ0v) is 19.0. The Balaban J connectivity index is 1.73. The van der Waals surface area contributed by atoms with Crippen LogP contribution in [0.25, 0.3) is 11.1 Å². The maximum absolute atomic E-state index is 14.5. The Labute approximate surface area is 193 Å². The van der Waals surface area contributed by atoms with Gasteiger partial charge >= 0.3 is 0 Å². The van der Waals surface area contributed by atoms with E-state index in [1.54, 1.807) is 12.3 Å². The van der Waals surface area contributed by atoms with Gasteiger partial charge in [-0.05, 0) is 50.9 Å². The molecule has 2 aromatic heterocycles. The first-order chi connectivity index (χ1) is 16.0. The van der Waals surface area contributed by atoms with Gasteiger partial charge in [0.25, 0.3) is 0 Å². The van der Waals surface area contributed by atoms with Crippen LogP contribution in [0.1, 0.15) is 43.5 Å². The summed E-state index contributed by atoms with van der Waals surface area (Å²) in [5.74, 6) is 0.385. The van der Waals surface area contributed by atoms with E-state index in [1.165, 1.54) is 6.20 Å². The molecule has 0 spiro atoms. The number of nitrogens with zero attached hydrogens (tertiary/aromatic N) is 3. The summed E-state index contributed by atoms with van der Waals surface area (Å²) in [7, 11) is 0. The van der Waals surface area contributed by atoms with Crippen molar-refractivity contribution in [1.29, 1.82) is 0 Å². The highest BCUT2D eigenvalue weighted by Crippen LogP contribution is 2.31. The van der Waals surface area contributed by atoms with Crippen LogP contribution in [0.15, 0.2) is 36.7 Å². The van der Waals surface area contributed by atoms with Gasteiger partial charge in [-0.25, -0.2) is 9.97 Å². The number of halogens is 1.